The first-order valence-corrected chi connectivity index (χ1v) is 5.11. The molecule has 0 bridgehead atoms. The van der Waals surface area contributed by atoms with Crippen LogP contribution < -0.4 is 5.32 Å². The number of amides is 1. The van der Waals surface area contributed by atoms with E-state index < -0.39 is 11.7 Å². The molecule has 0 aliphatic carbocycles. The van der Waals surface area contributed by atoms with Crippen molar-refractivity contribution < 1.29 is 9.59 Å². The Morgan fingerprint density at radius 1 is 1.27 bits per heavy atom. The Morgan fingerprint density at radius 2 is 1.87 bits per heavy atom. The largest absolute Gasteiger partial charge is 0.349 e. The second-order valence-corrected chi connectivity index (χ2v) is 3.53. The minimum absolute atomic E-state index is 0.355. The molecule has 0 fully saturated rings. The number of hydrogen-bond acceptors (Lipinski definition) is 2. The fourth-order valence-electron chi connectivity index (χ4n) is 1.05. The summed E-state index contributed by atoms with van der Waals surface area (Å²) < 4.78 is 0. The summed E-state index contributed by atoms with van der Waals surface area (Å²) in [6.45, 7) is 2.44. The highest BCUT2D eigenvalue weighted by molar-refractivity contribution is 6.43. The Labute approximate surface area is 93.4 Å². The van der Waals surface area contributed by atoms with Gasteiger partial charge in [0.2, 0.25) is 5.78 Å². The van der Waals surface area contributed by atoms with Crippen LogP contribution in [-0.2, 0) is 4.79 Å². The lowest BCUT2D eigenvalue weighted by Crippen LogP contribution is -2.31. The van der Waals surface area contributed by atoms with E-state index in [-0.39, 0.29) is 0 Å². The topological polar surface area (TPSA) is 46.2 Å². The highest BCUT2D eigenvalue weighted by Crippen LogP contribution is 2.09. The van der Waals surface area contributed by atoms with Crippen molar-refractivity contribution in [2.45, 2.75) is 13.3 Å². The Bertz CT molecular complexity index is 359. The first-order chi connectivity index (χ1) is 7.15. The van der Waals surface area contributed by atoms with Crippen molar-refractivity contribution >= 4 is 23.3 Å². The molecule has 0 radical (unpaired) electrons. The van der Waals surface area contributed by atoms with E-state index in [1.165, 1.54) is 12.1 Å². The van der Waals surface area contributed by atoms with Gasteiger partial charge in [0.25, 0.3) is 5.91 Å². The molecule has 1 aromatic carbocycles. The van der Waals surface area contributed by atoms with Gasteiger partial charge in [-0.3, -0.25) is 9.59 Å². The number of carbonyl (C=O) groups excluding carboxylic acids is 2. The summed E-state index contributed by atoms with van der Waals surface area (Å²) in [7, 11) is 0. The minimum atomic E-state index is -0.570. The third-order valence-electron chi connectivity index (χ3n) is 1.85. The Balaban J connectivity index is 2.68. The highest BCUT2D eigenvalue weighted by Gasteiger charge is 2.14. The number of benzene rings is 1. The van der Waals surface area contributed by atoms with E-state index in [4.69, 9.17) is 11.6 Å². The minimum Gasteiger partial charge on any atom is -0.349 e. The summed E-state index contributed by atoms with van der Waals surface area (Å²) in [5.74, 6) is -1.10. The van der Waals surface area contributed by atoms with Gasteiger partial charge in [-0.05, 0) is 30.7 Å². The molecular weight excluding hydrogens is 214 g/mol. The van der Waals surface area contributed by atoms with E-state index in [0.29, 0.717) is 17.1 Å². The molecule has 0 aromatic heterocycles. The quantitative estimate of drug-likeness (QED) is 0.630. The van der Waals surface area contributed by atoms with E-state index >= 15 is 0 Å². The van der Waals surface area contributed by atoms with Gasteiger partial charge in [-0.25, -0.2) is 0 Å². The van der Waals surface area contributed by atoms with E-state index in [9.17, 15) is 9.59 Å². The van der Waals surface area contributed by atoms with Crippen LogP contribution in [0, 0.1) is 0 Å². The van der Waals surface area contributed by atoms with Crippen LogP contribution in [0.1, 0.15) is 23.7 Å². The van der Waals surface area contributed by atoms with Crippen LogP contribution in [-0.4, -0.2) is 18.2 Å². The first kappa shape index (κ1) is 11.7. The summed E-state index contributed by atoms with van der Waals surface area (Å²) >= 11 is 5.67. The lowest BCUT2D eigenvalue weighted by molar-refractivity contribution is -0.116. The van der Waals surface area contributed by atoms with Crippen molar-refractivity contribution in [3.8, 4) is 0 Å². The molecule has 0 unspecified atom stereocenters. The Kier molecular flexibility index (Phi) is 4.31. The van der Waals surface area contributed by atoms with Crippen LogP contribution in [0.4, 0.5) is 0 Å². The van der Waals surface area contributed by atoms with Gasteiger partial charge in [0.1, 0.15) is 0 Å². The number of carbonyl (C=O) groups is 2. The fraction of sp³-hybridized carbons (Fsp3) is 0.273. The summed E-state index contributed by atoms with van der Waals surface area (Å²) in [6, 6.07) is 6.25. The van der Waals surface area contributed by atoms with Crippen LogP contribution in [0.15, 0.2) is 24.3 Å². The number of nitrogens with one attached hydrogen (secondary N) is 1. The smallest absolute Gasteiger partial charge is 0.292 e. The molecule has 0 spiro atoms. The monoisotopic (exact) mass is 225 g/mol. The molecule has 0 heterocycles. The zero-order valence-corrected chi connectivity index (χ0v) is 9.17. The second kappa shape index (κ2) is 5.51. The van der Waals surface area contributed by atoms with Crippen LogP contribution in [0.5, 0.6) is 0 Å². The fourth-order valence-corrected chi connectivity index (χ4v) is 1.18. The van der Waals surface area contributed by atoms with E-state index in [2.05, 4.69) is 5.32 Å². The van der Waals surface area contributed by atoms with Crippen LogP contribution in [0.25, 0.3) is 0 Å². The van der Waals surface area contributed by atoms with Crippen molar-refractivity contribution in [2.75, 3.05) is 6.54 Å². The Hall–Kier alpha value is -1.35. The molecule has 1 aromatic rings. The zero-order chi connectivity index (χ0) is 11.3. The average molecular weight is 226 g/mol. The molecular formula is C11H12ClNO2. The number of ketones is 1. The van der Waals surface area contributed by atoms with Crippen molar-refractivity contribution in [3.63, 3.8) is 0 Å². The SMILES string of the molecule is CCCNC(=O)C(=O)c1ccc(Cl)cc1. The van der Waals surface area contributed by atoms with E-state index in [1.54, 1.807) is 12.1 Å². The number of rotatable bonds is 4. The molecule has 0 aliphatic rings. The predicted octanol–water partition coefficient (Wildman–Crippen LogP) is 2.05. The van der Waals surface area contributed by atoms with Gasteiger partial charge in [-0.2, -0.15) is 0 Å². The molecule has 0 aliphatic heterocycles. The third-order valence-corrected chi connectivity index (χ3v) is 2.10. The zero-order valence-electron chi connectivity index (χ0n) is 8.42. The van der Waals surface area contributed by atoms with Gasteiger partial charge in [-0.15, -0.1) is 0 Å². The molecule has 15 heavy (non-hydrogen) atoms. The molecule has 0 saturated heterocycles. The normalized spacial score (nSPS) is 9.73. The Morgan fingerprint density at radius 3 is 2.40 bits per heavy atom. The van der Waals surface area contributed by atoms with Crippen LogP contribution in [0.2, 0.25) is 5.02 Å². The predicted molar refractivity (Wildman–Crippen MR) is 59.1 cm³/mol. The summed E-state index contributed by atoms with van der Waals surface area (Å²) in [5, 5.41) is 3.07. The van der Waals surface area contributed by atoms with Gasteiger partial charge in [0.15, 0.2) is 0 Å². The molecule has 1 N–H and O–H groups in total. The lowest BCUT2D eigenvalue weighted by Gasteiger charge is -2.02. The molecule has 1 amide bonds. The highest BCUT2D eigenvalue weighted by atomic mass is 35.5. The standard InChI is InChI=1S/C11H12ClNO2/c1-2-7-13-11(15)10(14)8-3-5-9(12)6-4-8/h3-6H,2,7H2,1H3,(H,13,15). The number of hydrogen-bond donors (Lipinski definition) is 1. The maximum atomic E-state index is 11.5. The van der Waals surface area contributed by atoms with Crippen molar-refractivity contribution in [3.05, 3.63) is 34.9 Å². The molecule has 0 saturated carbocycles. The average Bonchev–Trinajstić information content (AvgIpc) is 2.26. The summed E-state index contributed by atoms with van der Waals surface area (Å²) in [5.41, 5.74) is 0.355. The summed E-state index contributed by atoms with van der Waals surface area (Å²) in [6.07, 6.45) is 0.805. The maximum absolute atomic E-state index is 11.5. The van der Waals surface area contributed by atoms with E-state index in [0.717, 1.165) is 6.42 Å². The molecule has 1 rings (SSSR count). The van der Waals surface area contributed by atoms with Crippen LogP contribution in [0.3, 0.4) is 0 Å². The molecule has 3 nitrogen and oxygen atoms in total. The van der Waals surface area contributed by atoms with Crippen molar-refractivity contribution in [1.82, 2.24) is 5.32 Å². The van der Waals surface area contributed by atoms with Crippen molar-refractivity contribution in [1.29, 1.82) is 0 Å². The van der Waals surface area contributed by atoms with Gasteiger partial charge in [0, 0.05) is 17.1 Å². The number of halogens is 1. The molecule has 4 heteroatoms. The van der Waals surface area contributed by atoms with Crippen molar-refractivity contribution in [2.24, 2.45) is 0 Å². The van der Waals surface area contributed by atoms with E-state index in [1.807, 2.05) is 6.92 Å². The van der Waals surface area contributed by atoms with Gasteiger partial charge >= 0.3 is 0 Å². The molecule has 80 valence electrons. The summed E-state index contributed by atoms with van der Waals surface area (Å²) in [4.78, 5) is 22.8. The van der Waals surface area contributed by atoms with Gasteiger partial charge in [-0.1, -0.05) is 18.5 Å². The molecule has 0 atom stereocenters. The second-order valence-electron chi connectivity index (χ2n) is 3.09. The lowest BCUT2D eigenvalue weighted by atomic mass is 10.1. The maximum Gasteiger partial charge on any atom is 0.292 e. The van der Waals surface area contributed by atoms with Gasteiger partial charge < -0.3 is 5.32 Å². The number of Topliss-reactive ketones (excluding diaryl/α,β-unsaturated/α-hetero) is 1. The van der Waals surface area contributed by atoms with Gasteiger partial charge in [0.05, 0.1) is 0 Å². The van der Waals surface area contributed by atoms with Crippen LogP contribution >= 0.6 is 11.6 Å². The first-order valence-electron chi connectivity index (χ1n) is 4.73. The third kappa shape index (κ3) is 3.36.